The first-order valence-corrected chi connectivity index (χ1v) is 9.78. The number of ether oxygens (including phenoxy) is 2. The molecule has 0 radical (unpaired) electrons. The van der Waals surface area contributed by atoms with E-state index in [0.717, 1.165) is 35.5 Å². The van der Waals surface area contributed by atoms with Crippen molar-refractivity contribution in [3.63, 3.8) is 0 Å². The van der Waals surface area contributed by atoms with E-state index in [1.807, 2.05) is 35.0 Å². The van der Waals surface area contributed by atoms with Crippen molar-refractivity contribution in [3.05, 3.63) is 69.8 Å². The van der Waals surface area contributed by atoms with Gasteiger partial charge in [0.05, 0.1) is 13.7 Å². The quantitative estimate of drug-likeness (QED) is 0.519. The molecule has 7 heteroatoms. The summed E-state index contributed by atoms with van der Waals surface area (Å²) >= 11 is 5.34. The molecule has 0 aliphatic carbocycles. The molecule has 0 saturated carbocycles. The normalized spacial score (nSPS) is 10.7. The van der Waals surface area contributed by atoms with E-state index in [-0.39, 0.29) is 0 Å². The van der Waals surface area contributed by atoms with Crippen molar-refractivity contribution in [1.29, 1.82) is 0 Å². The van der Waals surface area contributed by atoms with Crippen molar-refractivity contribution in [2.75, 3.05) is 12.5 Å². The number of nitrogens with one attached hydrogen (secondary N) is 2. The molecule has 0 fully saturated rings. The fourth-order valence-corrected chi connectivity index (χ4v) is 3.21. The summed E-state index contributed by atoms with van der Waals surface area (Å²) in [5, 5.41) is 7.13. The minimum Gasteiger partial charge on any atom is -0.493 e. The third-order valence-electron chi connectivity index (χ3n) is 4.56. The second-order valence-electron chi connectivity index (χ2n) is 6.53. The number of hydrogen-bond acceptors (Lipinski definition) is 5. The van der Waals surface area contributed by atoms with E-state index in [4.69, 9.17) is 21.7 Å². The van der Waals surface area contributed by atoms with Crippen LogP contribution in [0.15, 0.2) is 42.5 Å². The second-order valence-corrected chi connectivity index (χ2v) is 6.92. The third-order valence-corrected chi connectivity index (χ3v) is 4.83. The highest BCUT2D eigenvalue weighted by Crippen LogP contribution is 2.32. The van der Waals surface area contributed by atoms with Crippen molar-refractivity contribution >= 4 is 12.2 Å². The monoisotopic (exact) mass is 398 g/mol. The Morgan fingerprint density at radius 2 is 1.93 bits per heavy atom. The number of benzene rings is 2. The van der Waals surface area contributed by atoms with E-state index in [9.17, 15) is 0 Å². The molecular weight excluding hydrogens is 372 g/mol. The van der Waals surface area contributed by atoms with Crippen LogP contribution >= 0.6 is 12.2 Å². The predicted molar refractivity (Wildman–Crippen MR) is 113 cm³/mol. The molecule has 3 aromatic rings. The minimum atomic E-state index is 0.478. The Bertz CT molecular complexity index is 981. The topological polar surface area (TPSA) is 64.1 Å². The molecule has 2 aromatic carbocycles. The Balaban J connectivity index is 1.81. The lowest BCUT2D eigenvalue weighted by Crippen LogP contribution is -2.18. The van der Waals surface area contributed by atoms with Crippen LogP contribution in [0.3, 0.4) is 0 Å². The highest BCUT2D eigenvalue weighted by molar-refractivity contribution is 7.71. The van der Waals surface area contributed by atoms with E-state index in [1.54, 1.807) is 7.11 Å². The number of nitrogens with zero attached hydrogens (tertiary/aromatic N) is 2. The van der Waals surface area contributed by atoms with Gasteiger partial charge in [-0.1, -0.05) is 43.3 Å². The molecule has 0 bridgehead atoms. The molecule has 28 heavy (non-hydrogen) atoms. The Morgan fingerprint density at radius 1 is 1.14 bits per heavy atom. The van der Waals surface area contributed by atoms with Crippen LogP contribution in [0.5, 0.6) is 11.5 Å². The molecule has 0 spiro atoms. The van der Waals surface area contributed by atoms with E-state index >= 15 is 0 Å². The van der Waals surface area contributed by atoms with Gasteiger partial charge < -0.3 is 14.9 Å². The van der Waals surface area contributed by atoms with E-state index in [2.05, 4.69) is 41.6 Å². The highest BCUT2D eigenvalue weighted by atomic mass is 32.1. The zero-order chi connectivity index (χ0) is 19.9. The van der Waals surface area contributed by atoms with Gasteiger partial charge in [-0.25, -0.2) is 4.68 Å². The van der Waals surface area contributed by atoms with Crippen molar-refractivity contribution in [3.8, 4) is 11.5 Å². The van der Waals surface area contributed by atoms with Gasteiger partial charge in [0.2, 0.25) is 4.77 Å². The number of rotatable bonds is 9. The first kappa shape index (κ1) is 19.9. The summed E-state index contributed by atoms with van der Waals surface area (Å²) in [5.41, 5.74) is 6.68. The molecule has 3 rings (SSSR count). The lowest BCUT2D eigenvalue weighted by molar-refractivity contribution is 0.281. The molecule has 1 aromatic heterocycles. The predicted octanol–water partition coefficient (Wildman–Crippen LogP) is 4.53. The summed E-state index contributed by atoms with van der Waals surface area (Å²) in [6.45, 7) is 5.21. The number of H-pyrrole nitrogens is 1. The molecule has 0 unspecified atom stereocenters. The Hall–Kier alpha value is -2.80. The van der Waals surface area contributed by atoms with Crippen LogP contribution < -0.4 is 14.9 Å². The summed E-state index contributed by atoms with van der Waals surface area (Å²) < 4.78 is 14.1. The van der Waals surface area contributed by atoms with Gasteiger partial charge in [0.1, 0.15) is 6.61 Å². The highest BCUT2D eigenvalue weighted by Gasteiger charge is 2.13. The molecule has 0 aliphatic heterocycles. The van der Waals surface area contributed by atoms with E-state index < -0.39 is 0 Å². The second kappa shape index (κ2) is 9.41. The van der Waals surface area contributed by atoms with Gasteiger partial charge in [-0.05, 0) is 42.8 Å². The third kappa shape index (κ3) is 4.54. The van der Waals surface area contributed by atoms with Crippen LogP contribution in [-0.2, 0) is 19.6 Å². The van der Waals surface area contributed by atoms with Gasteiger partial charge >= 0.3 is 0 Å². The van der Waals surface area contributed by atoms with Crippen molar-refractivity contribution in [1.82, 2.24) is 14.9 Å². The fourth-order valence-electron chi connectivity index (χ4n) is 3.00. The van der Waals surface area contributed by atoms with Crippen LogP contribution in [0.1, 0.15) is 35.9 Å². The minimum absolute atomic E-state index is 0.478. The van der Waals surface area contributed by atoms with Crippen molar-refractivity contribution in [2.24, 2.45) is 0 Å². The SMILES string of the molecule is CCCc1n[nH]c(=S)n1NCc1cccc(OC)c1OCc1ccccc1C. The number of aryl methyl sites for hydroxylation is 2. The number of para-hydroxylation sites is 1. The lowest BCUT2D eigenvalue weighted by Gasteiger charge is -2.17. The van der Waals surface area contributed by atoms with Crippen LogP contribution in [0.2, 0.25) is 0 Å². The van der Waals surface area contributed by atoms with E-state index in [0.29, 0.717) is 23.7 Å². The van der Waals surface area contributed by atoms with Crippen molar-refractivity contribution in [2.45, 2.75) is 39.8 Å². The maximum atomic E-state index is 6.18. The van der Waals surface area contributed by atoms with Crippen LogP contribution in [-0.4, -0.2) is 22.0 Å². The number of methoxy groups -OCH3 is 1. The van der Waals surface area contributed by atoms with Crippen LogP contribution in [0.4, 0.5) is 0 Å². The molecule has 6 nitrogen and oxygen atoms in total. The van der Waals surface area contributed by atoms with Gasteiger partial charge in [0.15, 0.2) is 17.3 Å². The average molecular weight is 399 g/mol. The summed E-state index contributed by atoms with van der Waals surface area (Å²) in [6.07, 6.45) is 1.83. The zero-order valence-corrected chi connectivity index (χ0v) is 17.3. The summed E-state index contributed by atoms with van der Waals surface area (Å²) in [6, 6.07) is 14.1. The fraction of sp³-hybridized carbons (Fsp3) is 0.333. The number of aromatic nitrogens is 3. The average Bonchev–Trinajstić information content (AvgIpc) is 3.05. The largest absolute Gasteiger partial charge is 0.493 e. The first-order chi connectivity index (χ1) is 13.6. The van der Waals surface area contributed by atoms with Crippen molar-refractivity contribution < 1.29 is 9.47 Å². The molecule has 0 atom stereocenters. The van der Waals surface area contributed by atoms with Gasteiger partial charge in [0, 0.05) is 12.0 Å². The van der Waals surface area contributed by atoms with Crippen LogP contribution in [0, 0.1) is 11.7 Å². The van der Waals surface area contributed by atoms with Gasteiger partial charge in [0.25, 0.3) is 0 Å². The van der Waals surface area contributed by atoms with Gasteiger partial charge in [-0.2, -0.15) is 5.10 Å². The zero-order valence-electron chi connectivity index (χ0n) is 16.5. The molecule has 148 valence electrons. The molecule has 1 heterocycles. The molecule has 0 aliphatic rings. The van der Waals surface area contributed by atoms with Gasteiger partial charge in [-0.15, -0.1) is 0 Å². The molecule has 2 N–H and O–H groups in total. The Morgan fingerprint density at radius 3 is 2.68 bits per heavy atom. The molecule has 0 saturated heterocycles. The summed E-state index contributed by atoms with van der Waals surface area (Å²) in [4.78, 5) is 0. The maximum Gasteiger partial charge on any atom is 0.214 e. The lowest BCUT2D eigenvalue weighted by atomic mass is 10.1. The summed E-state index contributed by atoms with van der Waals surface area (Å²) in [5.74, 6) is 2.32. The van der Waals surface area contributed by atoms with E-state index in [1.165, 1.54) is 5.56 Å². The first-order valence-electron chi connectivity index (χ1n) is 9.37. The number of hydrogen-bond donors (Lipinski definition) is 2. The maximum absolute atomic E-state index is 6.18. The van der Waals surface area contributed by atoms with Crippen LogP contribution in [0.25, 0.3) is 0 Å². The Kier molecular flexibility index (Phi) is 6.71. The van der Waals surface area contributed by atoms with Gasteiger partial charge in [-0.3, -0.25) is 5.10 Å². The number of aromatic amines is 1. The standard InChI is InChI=1S/C21H26N4O2S/c1-4-8-19-23-24-21(28)25(19)22-13-16-11-7-12-18(26-3)20(16)27-14-17-10-6-5-9-15(17)2/h5-7,9-12,22H,4,8,13-14H2,1-3H3,(H,24,28). The smallest absolute Gasteiger partial charge is 0.214 e. The summed E-state index contributed by atoms with van der Waals surface area (Å²) in [7, 11) is 1.65. The Labute approximate surface area is 170 Å². The molecule has 0 amide bonds. The molecular formula is C21H26N4O2S.